The van der Waals surface area contributed by atoms with Gasteiger partial charge < -0.3 is 9.30 Å². The van der Waals surface area contributed by atoms with Gasteiger partial charge in [-0.05, 0) is 74.0 Å². The van der Waals surface area contributed by atoms with Gasteiger partial charge in [0, 0.05) is 19.3 Å². The van der Waals surface area contributed by atoms with Crippen LogP contribution in [0.1, 0.15) is 50.1 Å². The van der Waals surface area contributed by atoms with Crippen molar-refractivity contribution in [1.82, 2.24) is 14.5 Å². The minimum absolute atomic E-state index is 0.131. The van der Waals surface area contributed by atoms with Crippen LogP contribution in [0.25, 0.3) is 10.8 Å². The molecule has 0 aliphatic rings. The van der Waals surface area contributed by atoms with Crippen molar-refractivity contribution in [3.63, 3.8) is 0 Å². The number of benzene rings is 3. The number of carbonyl (C=O) groups excluding carboxylic acids is 1. The average Bonchev–Trinajstić information content (AvgIpc) is 3.31. The molecule has 0 amide bonds. The first kappa shape index (κ1) is 26.7. The number of ketones is 1. The van der Waals surface area contributed by atoms with Crippen molar-refractivity contribution in [2.24, 2.45) is 0 Å². The van der Waals surface area contributed by atoms with Crippen molar-refractivity contribution < 1.29 is 9.53 Å². The molecule has 6 heteroatoms. The number of hydrogen-bond donors (Lipinski definition) is 0. The summed E-state index contributed by atoms with van der Waals surface area (Å²) in [6.45, 7) is 10.8. The lowest BCUT2D eigenvalue weighted by Gasteiger charge is -2.22. The first-order chi connectivity index (χ1) is 17.4. The number of ether oxygens (including phenoxy) is 1. The molecule has 0 fully saturated rings. The summed E-state index contributed by atoms with van der Waals surface area (Å²) in [5.41, 5.74) is 3.66. The minimum Gasteiger partial charge on any atom is -0.456 e. The first-order valence-electron chi connectivity index (χ1n) is 12.3. The van der Waals surface area contributed by atoms with E-state index < -0.39 is 0 Å². The minimum atomic E-state index is -0.163. The number of carbonyl (C=O) groups is 1. The second-order valence-corrected chi connectivity index (χ2v) is 8.72. The van der Waals surface area contributed by atoms with Crippen molar-refractivity contribution in [2.75, 3.05) is 7.05 Å². The molecule has 0 N–H and O–H groups in total. The van der Waals surface area contributed by atoms with Crippen LogP contribution in [0, 0.1) is 18.3 Å². The summed E-state index contributed by atoms with van der Waals surface area (Å²) < 4.78 is 8.23. The zero-order chi connectivity index (χ0) is 26.2. The summed E-state index contributed by atoms with van der Waals surface area (Å²) in [4.78, 5) is 18.0. The van der Waals surface area contributed by atoms with E-state index in [0.29, 0.717) is 30.2 Å². The Morgan fingerprint density at radius 1 is 1.17 bits per heavy atom. The van der Waals surface area contributed by atoms with Crippen LogP contribution >= 0.6 is 0 Å². The lowest BCUT2D eigenvalue weighted by molar-refractivity contribution is -0.121. The largest absolute Gasteiger partial charge is 0.456 e. The van der Waals surface area contributed by atoms with Crippen LogP contribution < -0.4 is 4.74 Å². The summed E-state index contributed by atoms with van der Waals surface area (Å²) in [5.74, 6) is 1.35. The Morgan fingerprint density at radius 3 is 2.67 bits per heavy atom. The van der Waals surface area contributed by atoms with Crippen LogP contribution in [0.5, 0.6) is 11.5 Å². The normalized spacial score (nSPS) is 11.5. The van der Waals surface area contributed by atoms with Gasteiger partial charge in [0.1, 0.15) is 23.4 Å². The van der Waals surface area contributed by atoms with E-state index in [1.54, 1.807) is 19.3 Å². The van der Waals surface area contributed by atoms with Crippen LogP contribution in [0.3, 0.4) is 0 Å². The SMILES string of the molecule is CC.CC(=O)[C@H](C)N(C)Cc1cncn1Cc1ccc(C#N)c(Oc2ccc3cccc(C)c3c2)c1. The van der Waals surface area contributed by atoms with Gasteiger partial charge in [0.25, 0.3) is 0 Å². The molecule has 0 aliphatic heterocycles. The molecule has 3 aromatic carbocycles. The smallest absolute Gasteiger partial charge is 0.146 e. The van der Waals surface area contributed by atoms with Crippen molar-refractivity contribution in [3.8, 4) is 17.6 Å². The number of likely N-dealkylation sites (N-methyl/N-ethyl adjacent to an activating group) is 1. The molecule has 1 aromatic heterocycles. The zero-order valence-corrected chi connectivity index (χ0v) is 21.9. The molecule has 0 radical (unpaired) electrons. The van der Waals surface area contributed by atoms with Gasteiger partial charge in [-0.15, -0.1) is 0 Å². The number of imidazole rings is 1. The van der Waals surface area contributed by atoms with Crippen molar-refractivity contribution in [1.29, 1.82) is 5.26 Å². The van der Waals surface area contributed by atoms with E-state index >= 15 is 0 Å². The van der Waals surface area contributed by atoms with Crippen LogP contribution in [0.4, 0.5) is 0 Å². The highest BCUT2D eigenvalue weighted by molar-refractivity contribution is 5.86. The number of rotatable bonds is 8. The van der Waals surface area contributed by atoms with Crippen molar-refractivity contribution in [2.45, 2.75) is 53.8 Å². The van der Waals surface area contributed by atoms with E-state index in [4.69, 9.17) is 4.74 Å². The van der Waals surface area contributed by atoms with Crippen LogP contribution in [-0.4, -0.2) is 33.3 Å². The third kappa shape index (κ3) is 6.18. The number of aromatic nitrogens is 2. The topological polar surface area (TPSA) is 71.2 Å². The molecule has 6 nitrogen and oxygen atoms in total. The summed E-state index contributed by atoms with van der Waals surface area (Å²) in [6, 6.07) is 19.9. The summed E-state index contributed by atoms with van der Waals surface area (Å²) >= 11 is 0. The van der Waals surface area contributed by atoms with E-state index in [2.05, 4.69) is 30.1 Å². The van der Waals surface area contributed by atoms with Gasteiger partial charge in [-0.25, -0.2) is 4.98 Å². The Hall–Kier alpha value is -3.95. The molecule has 0 spiro atoms. The number of aryl methyl sites for hydroxylation is 1. The lowest BCUT2D eigenvalue weighted by Crippen LogP contribution is -2.34. The zero-order valence-electron chi connectivity index (χ0n) is 21.9. The van der Waals surface area contributed by atoms with E-state index in [0.717, 1.165) is 22.0 Å². The summed E-state index contributed by atoms with van der Waals surface area (Å²) in [5, 5.41) is 11.9. The maximum absolute atomic E-state index is 11.7. The number of nitrogens with zero attached hydrogens (tertiary/aromatic N) is 4. The number of hydrogen-bond acceptors (Lipinski definition) is 5. The van der Waals surface area contributed by atoms with Gasteiger partial charge in [0.05, 0.1) is 23.6 Å². The van der Waals surface area contributed by atoms with Gasteiger partial charge in [-0.3, -0.25) is 9.69 Å². The van der Waals surface area contributed by atoms with Gasteiger partial charge in [-0.1, -0.05) is 44.2 Å². The second-order valence-electron chi connectivity index (χ2n) is 8.72. The van der Waals surface area contributed by atoms with Crippen LogP contribution in [0.2, 0.25) is 0 Å². The molecule has 1 heterocycles. The Kier molecular flexibility index (Phi) is 8.99. The Balaban J connectivity index is 0.00000176. The predicted molar refractivity (Wildman–Crippen MR) is 144 cm³/mol. The monoisotopic (exact) mass is 482 g/mol. The molecule has 4 rings (SSSR count). The molecule has 4 aromatic rings. The maximum Gasteiger partial charge on any atom is 0.146 e. The Bertz CT molecular complexity index is 1380. The van der Waals surface area contributed by atoms with Crippen LogP contribution in [-0.2, 0) is 17.9 Å². The first-order valence-corrected chi connectivity index (χ1v) is 12.3. The number of fused-ring (bicyclic) bond motifs is 1. The summed E-state index contributed by atoms with van der Waals surface area (Å²) in [7, 11) is 1.93. The highest BCUT2D eigenvalue weighted by Crippen LogP contribution is 2.30. The van der Waals surface area contributed by atoms with Gasteiger partial charge in [-0.2, -0.15) is 5.26 Å². The van der Waals surface area contributed by atoms with E-state index in [1.807, 2.05) is 79.9 Å². The van der Waals surface area contributed by atoms with E-state index in [-0.39, 0.29) is 11.8 Å². The van der Waals surface area contributed by atoms with E-state index in [1.165, 1.54) is 5.56 Å². The second kappa shape index (κ2) is 12.1. The van der Waals surface area contributed by atoms with Gasteiger partial charge in [0.2, 0.25) is 0 Å². The molecule has 0 saturated heterocycles. The molecule has 0 saturated carbocycles. The molecular weight excluding hydrogens is 448 g/mol. The number of Topliss-reactive ketones (excluding diaryl/α,β-unsaturated/α-hetero) is 1. The molecular formula is C30H34N4O2. The fourth-order valence-electron chi connectivity index (χ4n) is 3.96. The molecule has 36 heavy (non-hydrogen) atoms. The molecule has 186 valence electrons. The lowest BCUT2D eigenvalue weighted by atomic mass is 10.1. The standard InChI is InChI=1S/C28H28N4O2.C2H6/c1-19-6-5-7-23-10-11-26(13-27(19)23)34-28-12-22(8-9-24(28)14-29)16-32-18-30-15-25(32)17-31(4)20(2)21(3)33;1-2/h5-13,15,18,20H,16-17H2,1-4H3;1-2H3/t20-;/m0./s1. The van der Waals surface area contributed by atoms with Gasteiger partial charge in [0.15, 0.2) is 0 Å². The number of nitriles is 1. The summed E-state index contributed by atoms with van der Waals surface area (Å²) in [6.07, 6.45) is 3.61. The van der Waals surface area contributed by atoms with Crippen molar-refractivity contribution >= 4 is 16.6 Å². The maximum atomic E-state index is 11.7. The molecule has 0 aliphatic carbocycles. The Morgan fingerprint density at radius 2 is 1.94 bits per heavy atom. The van der Waals surface area contributed by atoms with Gasteiger partial charge >= 0.3 is 0 Å². The van der Waals surface area contributed by atoms with Crippen LogP contribution in [0.15, 0.2) is 67.1 Å². The highest BCUT2D eigenvalue weighted by Gasteiger charge is 2.16. The predicted octanol–water partition coefficient (Wildman–Crippen LogP) is 6.49. The fourth-order valence-corrected chi connectivity index (χ4v) is 3.96. The third-order valence-electron chi connectivity index (χ3n) is 6.28. The Labute approximate surface area is 213 Å². The van der Waals surface area contributed by atoms with E-state index in [9.17, 15) is 10.1 Å². The highest BCUT2D eigenvalue weighted by atomic mass is 16.5. The third-order valence-corrected chi connectivity index (χ3v) is 6.28. The molecule has 0 unspecified atom stereocenters. The van der Waals surface area contributed by atoms with Crippen molar-refractivity contribution in [3.05, 3.63) is 89.5 Å². The average molecular weight is 483 g/mol. The molecule has 0 bridgehead atoms. The quantitative estimate of drug-likeness (QED) is 0.287. The molecule has 1 atom stereocenters. The fraction of sp³-hybridized carbons (Fsp3) is 0.300.